The zero-order chi connectivity index (χ0) is 30.3. The molecule has 0 aliphatic rings. The van der Waals surface area contributed by atoms with Crippen LogP contribution in [0.2, 0.25) is 0 Å². The molecule has 0 bridgehead atoms. The van der Waals surface area contributed by atoms with E-state index in [1.54, 1.807) is 24.3 Å². The molecule has 0 heterocycles. The lowest BCUT2D eigenvalue weighted by molar-refractivity contribution is -0.137. The van der Waals surface area contributed by atoms with Crippen LogP contribution in [0.15, 0.2) is 73.3 Å². The van der Waals surface area contributed by atoms with Gasteiger partial charge in [0.15, 0.2) is 23.0 Å². The number of benzene rings is 3. The van der Waals surface area contributed by atoms with Crippen molar-refractivity contribution in [2.75, 3.05) is 27.4 Å². The van der Waals surface area contributed by atoms with E-state index in [-0.39, 0.29) is 29.2 Å². The summed E-state index contributed by atoms with van der Waals surface area (Å²) in [5.41, 5.74) is 1.65. The molecule has 9 heteroatoms. The molecule has 0 saturated carbocycles. The second-order valence-electron chi connectivity index (χ2n) is 9.19. The summed E-state index contributed by atoms with van der Waals surface area (Å²) in [7, 11) is 2.88. The molecule has 9 nitrogen and oxygen atoms in total. The van der Waals surface area contributed by atoms with Gasteiger partial charge in [0.25, 0.3) is 0 Å². The van der Waals surface area contributed by atoms with Crippen molar-refractivity contribution in [3.8, 4) is 28.7 Å². The number of methoxy groups -OCH3 is 2. The molecule has 0 unspecified atom stereocenters. The minimum atomic E-state index is -0.652. The molecule has 0 saturated heterocycles. The Balaban J connectivity index is 1.59. The Labute approximate surface area is 245 Å². The minimum Gasteiger partial charge on any atom is -0.493 e. The molecule has 42 heavy (non-hydrogen) atoms. The number of aryl methyl sites for hydroxylation is 1. The van der Waals surface area contributed by atoms with Gasteiger partial charge in [0.1, 0.15) is 5.75 Å². The molecule has 0 atom stereocenters. The summed E-state index contributed by atoms with van der Waals surface area (Å²) in [5.74, 6) is -0.111. The van der Waals surface area contributed by atoms with Crippen LogP contribution in [0.1, 0.15) is 58.9 Å². The van der Waals surface area contributed by atoms with Gasteiger partial charge < -0.3 is 28.4 Å². The smallest absolute Gasteiger partial charge is 0.343 e. The van der Waals surface area contributed by atoms with E-state index in [0.29, 0.717) is 36.7 Å². The highest BCUT2D eigenvalue weighted by atomic mass is 16.6. The number of carbonyl (C=O) groups is 3. The Morgan fingerprint density at radius 1 is 0.714 bits per heavy atom. The van der Waals surface area contributed by atoms with E-state index in [1.807, 2.05) is 12.1 Å². The first kappa shape index (κ1) is 31.7. The minimum absolute atomic E-state index is 0.135. The standard InChI is InChI=1S/C33H36O9/c1-5-7-10-23-11-15-26(16-12-23)41-32(35)24-14-18-28(30(22-24)38-4)42-33(36)25-13-17-27(29(21-25)37-3)39-19-8-9-20-40-31(34)6-2/h6,11-18,21-22H,2,5,7-10,19-20H2,1,3-4H3. The van der Waals surface area contributed by atoms with E-state index in [1.165, 1.54) is 44.0 Å². The second kappa shape index (κ2) is 16.5. The Hall–Kier alpha value is -4.79. The Bertz CT molecular complexity index is 1360. The van der Waals surface area contributed by atoms with Crippen molar-refractivity contribution in [2.45, 2.75) is 39.0 Å². The van der Waals surface area contributed by atoms with E-state index >= 15 is 0 Å². The lowest BCUT2D eigenvalue weighted by Crippen LogP contribution is -2.12. The molecule has 3 aromatic carbocycles. The fourth-order valence-corrected chi connectivity index (χ4v) is 3.84. The summed E-state index contributed by atoms with van der Waals surface area (Å²) in [6.45, 7) is 6.12. The molecule has 0 fully saturated rings. The third kappa shape index (κ3) is 9.40. The molecule has 0 spiro atoms. The average Bonchev–Trinajstić information content (AvgIpc) is 3.02. The van der Waals surface area contributed by atoms with Crippen molar-refractivity contribution < 1.29 is 42.8 Å². The highest BCUT2D eigenvalue weighted by Gasteiger charge is 2.18. The van der Waals surface area contributed by atoms with Gasteiger partial charge in [-0.25, -0.2) is 14.4 Å². The van der Waals surface area contributed by atoms with Crippen molar-refractivity contribution in [3.63, 3.8) is 0 Å². The molecular weight excluding hydrogens is 540 g/mol. The molecule has 3 aromatic rings. The lowest BCUT2D eigenvalue weighted by Gasteiger charge is -2.13. The second-order valence-corrected chi connectivity index (χ2v) is 9.19. The number of esters is 3. The van der Waals surface area contributed by atoms with Crippen molar-refractivity contribution in [2.24, 2.45) is 0 Å². The Kier molecular flexibility index (Phi) is 12.4. The topological polar surface area (TPSA) is 107 Å². The molecular formula is C33H36O9. The van der Waals surface area contributed by atoms with Gasteiger partial charge >= 0.3 is 17.9 Å². The molecule has 222 valence electrons. The summed E-state index contributed by atoms with van der Waals surface area (Å²) >= 11 is 0. The van der Waals surface area contributed by atoms with Gasteiger partial charge in [-0.05, 0) is 79.8 Å². The third-order valence-corrected chi connectivity index (χ3v) is 6.16. The molecule has 0 aromatic heterocycles. The van der Waals surface area contributed by atoms with Gasteiger partial charge in [0.05, 0.1) is 38.6 Å². The van der Waals surface area contributed by atoms with Gasteiger partial charge in [0.2, 0.25) is 0 Å². The Morgan fingerprint density at radius 2 is 1.31 bits per heavy atom. The van der Waals surface area contributed by atoms with Crippen LogP contribution in [0, 0.1) is 0 Å². The maximum Gasteiger partial charge on any atom is 0.343 e. The first-order valence-corrected chi connectivity index (χ1v) is 13.7. The zero-order valence-corrected chi connectivity index (χ0v) is 24.2. The lowest BCUT2D eigenvalue weighted by atomic mass is 10.1. The monoisotopic (exact) mass is 576 g/mol. The molecule has 0 radical (unpaired) electrons. The van der Waals surface area contributed by atoms with E-state index in [4.69, 9.17) is 28.4 Å². The number of carbonyl (C=O) groups excluding carboxylic acids is 3. The van der Waals surface area contributed by atoms with E-state index in [9.17, 15) is 14.4 Å². The first-order valence-electron chi connectivity index (χ1n) is 13.7. The fourth-order valence-electron chi connectivity index (χ4n) is 3.84. The van der Waals surface area contributed by atoms with Gasteiger partial charge in [-0.2, -0.15) is 0 Å². The summed E-state index contributed by atoms with van der Waals surface area (Å²) in [6.07, 6.45) is 5.57. The summed E-state index contributed by atoms with van der Waals surface area (Å²) < 4.78 is 32.5. The van der Waals surface area contributed by atoms with Gasteiger partial charge in [-0.1, -0.05) is 32.1 Å². The van der Waals surface area contributed by atoms with Gasteiger partial charge in [-0.15, -0.1) is 0 Å². The third-order valence-electron chi connectivity index (χ3n) is 6.16. The van der Waals surface area contributed by atoms with Crippen LogP contribution in [0.25, 0.3) is 0 Å². The van der Waals surface area contributed by atoms with Gasteiger partial charge in [-0.3, -0.25) is 0 Å². The first-order chi connectivity index (χ1) is 20.4. The normalized spacial score (nSPS) is 10.4. The van der Waals surface area contributed by atoms with Crippen molar-refractivity contribution >= 4 is 17.9 Å². The van der Waals surface area contributed by atoms with E-state index in [2.05, 4.69) is 13.5 Å². The van der Waals surface area contributed by atoms with Gasteiger partial charge in [0, 0.05) is 6.08 Å². The van der Waals surface area contributed by atoms with Crippen LogP contribution in [0.3, 0.4) is 0 Å². The summed E-state index contributed by atoms with van der Waals surface area (Å²) in [4.78, 5) is 36.7. The zero-order valence-electron chi connectivity index (χ0n) is 24.2. The van der Waals surface area contributed by atoms with Crippen LogP contribution in [0.4, 0.5) is 0 Å². The predicted molar refractivity (Wildman–Crippen MR) is 157 cm³/mol. The summed E-state index contributed by atoms with van der Waals surface area (Å²) in [6, 6.07) is 16.5. The molecule has 0 aliphatic heterocycles. The number of hydrogen-bond acceptors (Lipinski definition) is 9. The maximum atomic E-state index is 12.9. The molecule has 3 rings (SSSR count). The predicted octanol–water partition coefficient (Wildman–Crippen LogP) is 6.37. The summed E-state index contributed by atoms with van der Waals surface area (Å²) in [5, 5.41) is 0. The molecule has 0 N–H and O–H groups in total. The van der Waals surface area contributed by atoms with E-state index < -0.39 is 17.9 Å². The van der Waals surface area contributed by atoms with Crippen molar-refractivity contribution in [1.29, 1.82) is 0 Å². The highest BCUT2D eigenvalue weighted by Crippen LogP contribution is 2.32. The van der Waals surface area contributed by atoms with E-state index in [0.717, 1.165) is 25.3 Å². The number of ether oxygens (including phenoxy) is 6. The SMILES string of the molecule is C=CC(=O)OCCCCOc1ccc(C(=O)Oc2ccc(C(=O)Oc3ccc(CCCC)cc3)cc2OC)cc1OC. The van der Waals surface area contributed by atoms with Crippen LogP contribution in [-0.2, 0) is 16.0 Å². The highest BCUT2D eigenvalue weighted by molar-refractivity contribution is 5.94. The Morgan fingerprint density at radius 3 is 1.93 bits per heavy atom. The number of rotatable bonds is 16. The van der Waals surface area contributed by atoms with Crippen LogP contribution < -0.4 is 23.7 Å². The average molecular weight is 577 g/mol. The molecule has 0 aliphatic carbocycles. The van der Waals surface area contributed by atoms with Crippen molar-refractivity contribution in [1.82, 2.24) is 0 Å². The number of hydrogen-bond donors (Lipinski definition) is 0. The van der Waals surface area contributed by atoms with Crippen LogP contribution in [-0.4, -0.2) is 45.3 Å². The number of unbranched alkanes of at least 4 members (excludes halogenated alkanes) is 2. The maximum absolute atomic E-state index is 12.9. The van der Waals surface area contributed by atoms with Crippen LogP contribution in [0.5, 0.6) is 28.7 Å². The van der Waals surface area contributed by atoms with Crippen LogP contribution >= 0.6 is 0 Å². The molecule has 0 amide bonds. The fraction of sp³-hybridized carbons (Fsp3) is 0.303. The largest absolute Gasteiger partial charge is 0.493 e. The van der Waals surface area contributed by atoms with Crippen molar-refractivity contribution in [3.05, 3.63) is 90.0 Å². The quantitative estimate of drug-likeness (QED) is 0.0832.